The summed E-state index contributed by atoms with van der Waals surface area (Å²) < 4.78 is 6.27. The number of unbranched alkanes of at least 4 members (excludes halogenated alkanes) is 1. The molecule has 0 fully saturated rings. The molecule has 1 aromatic rings. The SMILES string of the molecule is CCCc1c(C)c(O)c(C)c(C)c1OCCCCC(C)CCCC(C)CCCC(C)C. The van der Waals surface area contributed by atoms with Gasteiger partial charge in [-0.3, -0.25) is 0 Å². The van der Waals surface area contributed by atoms with Crippen molar-refractivity contribution in [3.8, 4) is 11.5 Å². The van der Waals surface area contributed by atoms with Crippen LogP contribution >= 0.6 is 0 Å². The number of hydrogen-bond donors (Lipinski definition) is 1. The first-order chi connectivity index (χ1) is 14.7. The number of rotatable bonds is 16. The molecule has 2 heteroatoms. The summed E-state index contributed by atoms with van der Waals surface area (Å²) in [5.74, 6) is 4.02. The quantitative estimate of drug-likeness (QED) is 0.264. The van der Waals surface area contributed by atoms with E-state index in [0.717, 1.165) is 66.1 Å². The van der Waals surface area contributed by atoms with E-state index in [1.807, 2.05) is 13.8 Å². The van der Waals surface area contributed by atoms with Gasteiger partial charge in [0.25, 0.3) is 0 Å². The molecule has 0 amide bonds. The topological polar surface area (TPSA) is 29.5 Å². The van der Waals surface area contributed by atoms with Gasteiger partial charge >= 0.3 is 0 Å². The van der Waals surface area contributed by atoms with E-state index in [-0.39, 0.29) is 0 Å². The minimum absolute atomic E-state index is 0.441. The van der Waals surface area contributed by atoms with Crippen molar-refractivity contribution in [1.29, 1.82) is 0 Å². The molecule has 0 saturated carbocycles. The normalized spacial score (nSPS) is 13.6. The Morgan fingerprint density at radius 2 is 1.26 bits per heavy atom. The van der Waals surface area contributed by atoms with E-state index in [0.29, 0.717) is 5.75 Å². The van der Waals surface area contributed by atoms with Gasteiger partial charge in [-0.25, -0.2) is 0 Å². The van der Waals surface area contributed by atoms with Crippen LogP contribution in [0.25, 0.3) is 0 Å². The van der Waals surface area contributed by atoms with E-state index in [9.17, 15) is 5.11 Å². The van der Waals surface area contributed by atoms with E-state index < -0.39 is 0 Å². The maximum Gasteiger partial charge on any atom is 0.126 e. The third-order valence-corrected chi connectivity index (χ3v) is 7.05. The first kappa shape index (κ1) is 27.9. The van der Waals surface area contributed by atoms with Gasteiger partial charge in [-0.1, -0.05) is 86.0 Å². The minimum atomic E-state index is 0.441. The van der Waals surface area contributed by atoms with Crippen molar-refractivity contribution >= 4 is 0 Å². The molecule has 0 bridgehead atoms. The molecule has 0 radical (unpaired) electrons. The van der Waals surface area contributed by atoms with Gasteiger partial charge < -0.3 is 9.84 Å². The van der Waals surface area contributed by atoms with Crippen molar-refractivity contribution in [2.45, 2.75) is 126 Å². The molecule has 1 N–H and O–H groups in total. The second-order valence-corrected chi connectivity index (χ2v) is 10.6. The Morgan fingerprint density at radius 3 is 1.81 bits per heavy atom. The second-order valence-electron chi connectivity index (χ2n) is 10.6. The second kappa shape index (κ2) is 14.8. The zero-order valence-electron chi connectivity index (χ0n) is 22.1. The Balaban J connectivity index is 2.32. The van der Waals surface area contributed by atoms with Crippen LogP contribution in [0.3, 0.4) is 0 Å². The molecule has 0 aliphatic heterocycles. The molecular weight excluding hydrogens is 380 g/mol. The molecule has 0 saturated heterocycles. The largest absolute Gasteiger partial charge is 0.507 e. The Bertz CT molecular complexity index is 632. The fourth-order valence-electron chi connectivity index (χ4n) is 4.66. The first-order valence-corrected chi connectivity index (χ1v) is 13.1. The molecule has 1 aromatic carbocycles. The summed E-state index contributed by atoms with van der Waals surface area (Å²) in [6, 6.07) is 0. The molecular formula is C29H52O2. The summed E-state index contributed by atoms with van der Waals surface area (Å²) in [7, 11) is 0. The molecule has 0 aromatic heterocycles. The molecule has 180 valence electrons. The van der Waals surface area contributed by atoms with Crippen LogP contribution in [0.5, 0.6) is 11.5 Å². The molecule has 0 heterocycles. The van der Waals surface area contributed by atoms with Gasteiger partial charge in [-0.2, -0.15) is 0 Å². The molecule has 2 atom stereocenters. The third-order valence-electron chi connectivity index (χ3n) is 7.05. The number of phenols is 1. The lowest BCUT2D eigenvalue weighted by Crippen LogP contribution is -2.06. The highest BCUT2D eigenvalue weighted by Crippen LogP contribution is 2.38. The molecule has 0 spiro atoms. The van der Waals surface area contributed by atoms with Crippen molar-refractivity contribution in [3.63, 3.8) is 0 Å². The molecule has 1 rings (SSSR count). The van der Waals surface area contributed by atoms with E-state index in [2.05, 4.69) is 41.5 Å². The smallest absolute Gasteiger partial charge is 0.126 e. The van der Waals surface area contributed by atoms with Gasteiger partial charge in [0, 0.05) is 5.56 Å². The van der Waals surface area contributed by atoms with Crippen LogP contribution in [0, 0.1) is 38.5 Å². The first-order valence-electron chi connectivity index (χ1n) is 13.1. The maximum atomic E-state index is 10.4. The summed E-state index contributed by atoms with van der Waals surface area (Å²) in [5.41, 5.74) is 4.24. The average Bonchev–Trinajstić information content (AvgIpc) is 2.71. The standard InChI is InChI=1S/C29H52O2/c1-9-14-27-26(8)28(30)24(6)25(7)29(27)31-20-11-10-16-22(4)18-13-19-23(5)17-12-15-21(2)3/h21-23,30H,9-20H2,1-8H3. The van der Waals surface area contributed by atoms with E-state index in [1.165, 1.54) is 56.9 Å². The Kier molecular flexibility index (Phi) is 13.3. The lowest BCUT2D eigenvalue weighted by atomic mass is 9.92. The summed E-state index contributed by atoms with van der Waals surface area (Å²) in [4.78, 5) is 0. The highest BCUT2D eigenvalue weighted by atomic mass is 16.5. The van der Waals surface area contributed by atoms with Gasteiger partial charge in [0.2, 0.25) is 0 Å². The number of hydrogen-bond acceptors (Lipinski definition) is 2. The van der Waals surface area contributed by atoms with E-state index >= 15 is 0 Å². The average molecular weight is 433 g/mol. The monoisotopic (exact) mass is 432 g/mol. The van der Waals surface area contributed by atoms with Gasteiger partial charge in [0.1, 0.15) is 11.5 Å². The molecule has 0 aliphatic rings. The minimum Gasteiger partial charge on any atom is -0.507 e. The van der Waals surface area contributed by atoms with Crippen LogP contribution < -0.4 is 4.74 Å². The lowest BCUT2D eigenvalue weighted by molar-refractivity contribution is 0.292. The fourth-order valence-corrected chi connectivity index (χ4v) is 4.66. The van der Waals surface area contributed by atoms with Crippen LogP contribution in [0.1, 0.15) is 121 Å². The Labute approximate surface area is 194 Å². The highest BCUT2D eigenvalue weighted by molar-refractivity contribution is 5.57. The van der Waals surface area contributed by atoms with Gasteiger partial charge in [-0.15, -0.1) is 0 Å². The van der Waals surface area contributed by atoms with Gasteiger partial charge in [0.15, 0.2) is 0 Å². The van der Waals surface area contributed by atoms with Crippen LogP contribution in [0.2, 0.25) is 0 Å². The van der Waals surface area contributed by atoms with E-state index in [4.69, 9.17) is 4.74 Å². The lowest BCUT2D eigenvalue weighted by Gasteiger charge is -2.20. The predicted molar refractivity (Wildman–Crippen MR) is 137 cm³/mol. The zero-order valence-corrected chi connectivity index (χ0v) is 22.1. The van der Waals surface area contributed by atoms with Crippen molar-refractivity contribution in [2.75, 3.05) is 6.61 Å². The predicted octanol–water partition coefficient (Wildman–Crippen LogP) is 9.09. The zero-order chi connectivity index (χ0) is 23.4. The van der Waals surface area contributed by atoms with Crippen molar-refractivity contribution in [2.24, 2.45) is 17.8 Å². The Morgan fingerprint density at radius 1 is 0.710 bits per heavy atom. The molecule has 2 unspecified atom stereocenters. The maximum absolute atomic E-state index is 10.4. The summed E-state index contributed by atoms with van der Waals surface area (Å²) in [6.07, 6.45) is 14.0. The van der Waals surface area contributed by atoms with Crippen molar-refractivity contribution in [1.82, 2.24) is 0 Å². The number of phenolic OH excluding ortho intramolecular Hbond substituents is 1. The van der Waals surface area contributed by atoms with Gasteiger partial charge in [-0.05, 0) is 74.5 Å². The molecule has 31 heavy (non-hydrogen) atoms. The number of benzene rings is 1. The van der Waals surface area contributed by atoms with Crippen LogP contribution in [0.15, 0.2) is 0 Å². The van der Waals surface area contributed by atoms with Crippen LogP contribution in [-0.2, 0) is 6.42 Å². The van der Waals surface area contributed by atoms with E-state index in [1.54, 1.807) is 0 Å². The molecule has 2 nitrogen and oxygen atoms in total. The fraction of sp³-hybridized carbons (Fsp3) is 0.793. The van der Waals surface area contributed by atoms with Crippen LogP contribution in [0.4, 0.5) is 0 Å². The van der Waals surface area contributed by atoms with Crippen molar-refractivity contribution < 1.29 is 9.84 Å². The van der Waals surface area contributed by atoms with Crippen molar-refractivity contribution in [3.05, 3.63) is 22.3 Å². The summed E-state index contributed by atoms with van der Waals surface area (Å²) in [6.45, 7) is 18.6. The molecule has 0 aliphatic carbocycles. The number of aromatic hydroxyl groups is 1. The number of ether oxygens (including phenoxy) is 1. The third kappa shape index (κ3) is 9.87. The summed E-state index contributed by atoms with van der Waals surface area (Å²) >= 11 is 0. The Hall–Kier alpha value is -1.18. The van der Waals surface area contributed by atoms with Gasteiger partial charge in [0.05, 0.1) is 6.61 Å². The van der Waals surface area contributed by atoms with Crippen LogP contribution in [-0.4, -0.2) is 11.7 Å². The summed E-state index contributed by atoms with van der Waals surface area (Å²) in [5, 5.41) is 10.4. The highest BCUT2D eigenvalue weighted by Gasteiger charge is 2.17.